The van der Waals surface area contributed by atoms with Gasteiger partial charge in [-0.1, -0.05) is 0 Å². The van der Waals surface area contributed by atoms with E-state index in [-0.39, 0.29) is 10.8 Å². The number of aromatic nitrogens is 2. The van der Waals surface area contributed by atoms with Crippen molar-refractivity contribution in [2.75, 3.05) is 17.9 Å². The molecule has 0 amide bonds. The average molecular weight is 307 g/mol. The van der Waals surface area contributed by atoms with Crippen molar-refractivity contribution in [2.24, 2.45) is 0 Å². The van der Waals surface area contributed by atoms with Crippen LogP contribution >= 0.6 is 0 Å². The van der Waals surface area contributed by atoms with Gasteiger partial charge in [0.05, 0.1) is 4.90 Å². The molecule has 110 valence electrons. The summed E-state index contributed by atoms with van der Waals surface area (Å²) < 4.78 is 38.0. The number of aryl methyl sites for hydroxylation is 1. The minimum absolute atomic E-state index is 0.0202. The quantitative estimate of drug-likeness (QED) is 0.920. The van der Waals surface area contributed by atoms with Crippen molar-refractivity contribution >= 4 is 16.0 Å². The molecule has 1 aliphatic rings. The molecule has 1 aliphatic heterocycles. The van der Waals surface area contributed by atoms with Crippen molar-refractivity contribution in [2.45, 2.75) is 11.8 Å². The molecule has 1 N–H and O–H groups in total. The van der Waals surface area contributed by atoms with Crippen molar-refractivity contribution in [1.82, 2.24) is 9.97 Å². The fraction of sp³-hybridized carbons (Fsp3) is 0.231. The normalized spacial score (nSPS) is 13.8. The van der Waals surface area contributed by atoms with Gasteiger partial charge in [0.25, 0.3) is 10.0 Å². The van der Waals surface area contributed by atoms with Crippen LogP contribution in [-0.4, -0.2) is 31.6 Å². The van der Waals surface area contributed by atoms with E-state index in [9.17, 15) is 8.42 Å². The number of hydrogen-bond acceptors (Lipinski definition) is 6. The Morgan fingerprint density at radius 3 is 2.38 bits per heavy atom. The Morgan fingerprint density at radius 1 is 1.10 bits per heavy atom. The number of nitrogens with zero attached hydrogens (tertiary/aromatic N) is 2. The van der Waals surface area contributed by atoms with Crippen LogP contribution in [0.1, 0.15) is 5.56 Å². The molecule has 0 radical (unpaired) electrons. The second-order valence-electron chi connectivity index (χ2n) is 4.44. The molecule has 0 saturated heterocycles. The summed E-state index contributed by atoms with van der Waals surface area (Å²) in [5, 5.41) is 0. The molecule has 1 aromatic carbocycles. The van der Waals surface area contributed by atoms with Gasteiger partial charge in [0.15, 0.2) is 11.5 Å². The van der Waals surface area contributed by atoms with E-state index in [4.69, 9.17) is 9.47 Å². The molecular formula is C13H13N3O4S. The van der Waals surface area contributed by atoms with Gasteiger partial charge in [-0.2, -0.15) is 0 Å². The van der Waals surface area contributed by atoms with Crippen LogP contribution in [0.2, 0.25) is 0 Å². The molecular weight excluding hydrogens is 294 g/mol. The lowest BCUT2D eigenvalue weighted by Gasteiger charge is -2.20. The Morgan fingerprint density at radius 2 is 1.71 bits per heavy atom. The van der Waals surface area contributed by atoms with Gasteiger partial charge >= 0.3 is 0 Å². The minimum atomic E-state index is -3.79. The predicted octanol–water partition coefficient (Wildman–Crippen LogP) is 1.36. The first kappa shape index (κ1) is 13.6. The van der Waals surface area contributed by atoms with Crippen molar-refractivity contribution in [3.05, 3.63) is 36.2 Å². The number of rotatable bonds is 3. The molecule has 0 aliphatic carbocycles. The first-order chi connectivity index (χ1) is 10.1. The molecule has 0 bridgehead atoms. The number of hydrogen-bond donors (Lipinski definition) is 1. The monoisotopic (exact) mass is 307 g/mol. The summed E-state index contributed by atoms with van der Waals surface area (Å²) in [5.41, 5.74) is 0.558. The summed E-state index contributed by atoms with van der Waals surface area (Å²) in [4.78, 5) is 7.81. The van der Waals surface area contributed by atoms with Gasteiger partial charge in [0, 0.05) is 18.5 Å². The van der Waals surface area contributed by atoms with E-state index >= 15 is 0 Å². The highest BCUT2D eigenvalue weighted by Crippen LogP contribution is 2.35. The van der Waals surface area contributed by atoms with E-state index in [1.165, 1.54) is 18.5 Å². The molecule has 0 atom stereocenters. The summed E-state index contributed by atoms with van der Waals surface area (Å²) in [6, 6.07) is 4.71. The zero-order chi connectivity index (χ0) is 14.9. The third-order valence-corrected chi connectivity index (χ3v) is 4.39. The Bertz CT molecular complexity index is 762. The van der Waals surface area contributed by atoms with Crippen LogP contribution in [0.5, 0.6) is 11.5 Å². The van der Waals surface area contributed by atoms with Crippen LogP contribution in [0.3, 0.4) is 0 Å². The van der Waals surface area contributed by atoms with Gasteiger partial charge in [-0.25, -0.2) is 23.1 Å². The summed E-state index contributed by atoms with van der Waals surface area (Å²) in [7, 11) is -3.79. The summed E-state index contributed by atoms with van der Waals surface area (Å²) in [6.45, 7) is 2.54. The van der Waals surface area contributed by atoms with Crippen LogP contribution < -0.4 is 14.2 Å². The second-order valence-corrected chi connectivity index (χ2v) is 6.09. The van der Waals surface area contributed by atoms with Crippen molar-refractivity contribution < 1.29 is 17.9 Å². The van der Waals surface area contributed by atoms with Gasteiger partial charge in [-0.05, 0) is 24.6 Å². The van der Waals surface area contributed by atoms with Crippen LogP contribution in [0.25, 0.3) is 0 Å². The molecule has 7 nitrogen and oxygen atoms in total. The van der Waals surface area contributed by atoms with Crippen molar-refractivity contribution in [3.8, 4) is 11.5 Å². The topological polar surface area (TPSA) is 90.4 Å². The Labute approximate surface area is 122 Å². The van der Waals surface area contributed by atoms with Crippen LogP contribution in [0.4, 0.5) is 5.95 Å². The zero-order valence-electron chi connectivity index (χ0n) is 11.2. The first-order valence-corrected chi connectivity index (χ1v) is 7.75. The Balaban J connectivity index is 1.99. The fourth-order valence-corrected chi connectivity index (χ4v) is 3.19. The molecule has 1 aromatic heterocycles. The van der Waals surface area contributed by atoms with Gasteiger partial charge in [-0.15, -0.1) is 0 Å². The number of benzene rings is 1. The molecule has 8 heteroatoms. The number of nitrogens with one attached hydrogen (secondary N) is 1. The highest BCUT2D eigenvalue weighted by atomic mass is 32.2. The van der Waals surface area contributed by atoms with E-state index in [1.807, 2.05) is 0 Å². The lowest BCUT2D eigenvalue weighted by molar-refractivity contribution is 0.171. The molecule has 0 saturated carbocycles. The maximum Gasteiger partial charge on any atom is 0.264 e. The maximum absolute atomic E-state index is 12.4. The molecule has 0 fully saturated rings. The van der Waals surface area contributed by atoms with E-state index < -0.39 is 10.0 Å². The average Bonchev–Trinajstić information content (AvgIpc) is 2.47. The van der Waals surface area contributed by atoms with Crippen LogP contribution in [0, 0.1) is 6.92 Å². The smallest absolute Gasteiger partial charge is 0.264 e. The second kappa shape index (κ2) is 5.21. The van der Waals surface area contributed by atoms with Crippen molar-refractivity contribution in [3.63, 3.8) is 0 Å². The lowest BCUT2D eigenvalue weighted by Crippen LogP contribution is -2.19. The van der Waals surface area contributed by atoms with Crippen molar-refractivity contribution in [1.29, 1.82) is 0 Å². The molecule has 0 unspecified atom stereocenters. The third kappa shape index (κ3) is 2.75. The van der Waals surface area contributed by atoms with Gasteiger partial charge < -0.3 is 9.47 Å². The summed E-state index contributed by atoms with van der Waals surface area (Å²) >= 11 is 0. The number of fused-ring (bicyclic) bond motifs is 1. The fourth-order valence-electron chi connectivity index (χ4n) is 1.99. The molecule has 2 heterocycles. The van der Waals surface area contributed by atoms with Gasteiger partial charge in [0.1, 0.15) is 13.2 Å². The van der Waals surface area contributed by atoms with E-state index in [0.717, 1.165) is 0 Å². The summed E-state index contributed by atoms with van der Waals surface area (Å²) in [5.74, 6) is 0.988. The van der Waals surface area contributed by atoms with Gasteiger partial charge in [-0.3, -0.25) is 0 Å². The number of sulfonamides is 1. The maximum atomic E-state index is 12.4. The third-order valence-electron chi connectivity index (χ3n) is 2.92. The molecule has 3 rings (SSSR count). The zero-order valence-corrected chi connectivity index (χ0v) is 12.1. The largest absolute Gasteiger partial charge is 0.486 e. The predicted molar refractivity (Wildman–Crippen MR) is 75.0 cm³/mol. The standard InChI is InChI=1S/C13H13N3O4S/c1-9-7-10-11(20-6-5-19-10)8-12(9)21(17,18)16-13-14-3-2-4-15-13/h2-4,7-8H,5-6H2,1H3,(H,14,15,16). The summed E-state index contributed by atoms with van der Waals surface area (Å²) in [6.07, 6.45) is 2.92. The minimum Gasteiger partial charge on any atom is -0.486 e. The number of anilines is 1. The van der Waals surface area contributed by atoms with Crippen LogP contribution in [0.15, 0.2) is 35.5 Å². The van der Waals surface area contributed by atoms with E-state index in [0.29, 0.717) is 30.3 Å². The SMILES string of the molecule is Cc1cc2c(cc1S(=O)(=O)Nc1ncccn1)OCCO2. The van der Waals surface area contributed by atoms with Crippen LogP contribution in [-0.2, 0) is 10.0 Å². The van der Waals surface area contributed by atoms with E-state index in [2.05, 4.69) is 14.7 Å². The molecule has 21 heavy (non-hydrogen) atoms. The Hall–Kier alpha value is -2.35. The Kier molecular flexibility index (Phi) is 3.38. The lowest BCUT2D eigenvalue weighted by atomic mass is 10.2. The first-order valence-electron chi connectivity index (χ1n) is 6.26. The number of ether oxygens (including phenoxy) is 2. The highest BCUT2D eigenvalue weighted by Gasteiger charge is 2.23. The molecule has 0 spiro atoms. The van der Waals surface area contributed by atoms with Gasteiger partial charge in [0.2, 0.25) is 5.95 Å². The highest BCUT2D eigenvalue weighted by molar-refractivity contribution is 7.92. The molecule has 2 aromatic rings. The van der Waals surface area contributed by atoms with E-state index in [1.54, 1.807) is 19.1 Å².